The van der Waals surface area contributed by atoms with Crippen LogP contribution in [0, 0.1) is 13.8 Å². The maximum atomic E-state index is 12.1. The second-order valence-electron chi connectivity index (χ2n) is 5.61. The molecule has 136 valence electrons. The molecular weight excluding hydrogens is 324 g/mol. The average molecular weight is 348 g/mol. The predicted octanol–water partition coefficient (Wildman–Crippen LogP) is 2.57. The Hall–Kier alpha value is -2.70. The molecular formula is C18H24N2O5. The molecule has 0 saturated heterocycles. The lowest BCUT2D eigenvalue weighted by molar-refractivity contribution is -0.121. The highest BCUT2D eigenvalue weighted by molar-refractivity contribution is 5.76. The van der Waals surface area contributed by atoms with E-state index in [-0.39, 0.29) is 5.91 Å². The van der Waals surface area contributed by atoms with Crippen molar-refractivity contribution < 1.29 is 23.5 Å². The molecule has 25 heavy (non-hydrogen) atoms. The number of ether oxygens (including phenoxy) is 3. The van der Waals surface area contributed by atoms with E-state index in [2.05, 4.69) is 10.5 Å². The lowest BCUT2D eigenvalue weighted by Gasteiger charge is -2.14. The van der Waals surface area contributed by atoms with Gasteiger partial charge in [0, 0.05) is 18.5 Å². The number of carbonyl (C=O) groups is 1. The Balaban J connectivity index is 1.97. The first kappa shape index (κ1) is 18.6. The predicted molar refractivity (Wildman–Crippen MR) is 92.2 cm³/mol. The van der Waals surface area contributed by atoms with Gasteiger partial charge in [0.15, 0.2) is 11.5 Å². The number of hydrogen-bond acceptors (Lipinski definition) is 6. The Morgan fingerprint density at radius 3 is 2.24 bits per heavy atom. The van der Waals surface area contributed by atoms with E-state index in [1.165, 1.54) is 0 Å². The van der Waals surface area contributed by atoms with Crippen molar-refractivity contribution in [3.05, 3.63) is 34.7 Å². The molecule has 0 fully saturated rings. The summed E-state index contributed by atoms with van der Waals surface area (Å²) in [5.74, 6) is 2.35. The summed E-state index contributed by atoms with van der Waals surface area (Å²) >= 11 is 0. The standard InChI is InChI=1S/C18H24N2O5/c1-11-14(12(2)25-20-11)6-7-17(21)19-10-13-8-15(22-3)18(24-5)16(9-13)23-4/h8-9H,6-7,10H2,1-5H3,(H,19,21). The van der Waals surface area contributed by atoms with Crippen LogP contribution in [0.5, 0.6) is 17.2 Å². The summed E-state index contributed by atoms with van der Waals surface area (Å²) in [6.07, 6.45) is 0.968. The number of nitrogens with zero attached hydrogens (tertiary/aromatic N) is 1. The average Bonchev–Trinajstić information content (AvgIpc) is 2.94. The normalized spacial score (nSPS) is 10.4. The van der Waals surface area contributed by atoms with Crippen molar-refractivity contribution in [2.24, 2.45) is 0 Å². The molecule has 2 rings (SSSR count). The summed E-state index contributed by atoms with van der Waals surface area (Å²) in [4.78, 5) is 12.1. The highest BCUT2D eigenvalue weighted by Gasteiger charge is 2.14. The summed E-state index contributed by atoms with van der Waals surface area (Å²) < 4.78 is 21.0. The van der Waals surface area contributed by atoms with Crippen molar-refractivity contribution in [2.75, 3.05) is 21.3 Å². The second kappa shape index (κ2) is 8.41. The van der Waals surface area contributed by atoms with Crippen LogP contribution in [0.15, 0.2) is 16.7 Å². The van der Waals surface area contributed by atoms with Crippen LogP contribution < -0.4 is 19.5 Å². The number of amides is 1. The number of aromatic nitrogens is 1. The topological polar surface area (TPSA) is 82.8 Å². The van der Waals surface area contributed by atoms with Gasteiger partial charge in [-0.25, -0.2) is 0 Å². The number of rotatable bonds is 8. The Bertz CT molecular complexity index is 695. The molecule has 0 aliphatic heterocycles. The summed E-state index contributed by atoms with van der Waals surface area (Å²) in [5.41, 5.74) is 2.68. The van der Waals surface area contributed by atoms with Gasteiger partial charge in [-0.2, -0.15) is 0 Å². The zero-order chi connectivity index (χ0) is 18.4. The molecule has 0 atom stereocenters. The molecule has 0 spiro atoms. The van der Waals surface area contributed by atoms with E-state index in [1.807, 2.05) is 26.0 Å². The molecule has 0 aliphatic carbocycles. The third-order valence-electron chi connectivity index (χ3n) is 4.00. The van der Waals surface area contributed by atoms with Crippen LogP contribution in [0.3, 0.4) is 0 Å². The Morgan fingerprint density at radius 1 is 1.12 bits per heavy atom. The first-order valence-corrected chi connectivity index (χ1v) is 7.97. The minimum atomic E-state index is -0.0475. The van der Waals surface area contributed by atoms with Gasteiger partial charge in [0.25, 0.3) is 0 Å². The first-order chi connectivity index (χ1) is 12.0. The zero-order valence-electron chi connectivity index (χ0n) is 15.3. The van der Waals surface area contributed by atoms with Crippen LogP contribution >= 0.6 is 0 Å². The Kier molecular flexibility index (Phi) is 6.27. The molecule has 1 amide bonds. The van der Waals surface area contributed by atoms with Crippen molar-refractivity contribution in [3.63, 3.8) is 0 Å². The maximum absolute atomic E-state index is 12.1. The smallest absolute Gasteiger partial charge is 0.220 e. The largest absolute Gasteiger partial charge is 0.493 e. The number of aryl methyl sites for hydroxylation is 2. The molecule has 1 N–H and O–H groups in total. The van der Waals surface area contributed by atoms with Gasteiger partial charge in [-0.15, -0.1) is 0 Å². The number of nitrogens with one attached hydrogen (secondary N) is 1. The molecule has 1 aromatic heterocycles. The molecule has 0 saturated carbocycles. The van der Waals surface area contributed by atoms with Crippen LogP contribution in [0.4, 0.5) is 0 Å². The van der Waals surface area contributed by atoms with E-state index in [0.717, 1.165) is 22.6 Å². The fourth-order valence-corrected chi connectivity index (χ4v) is 2.62. The van der Waals surface area contributed by atoms with Crippen LogP contribution in [0.25, 0.3) is 0 Å². The van der Waals surface area contributed by atoms with Gasteiger partial charge >= 0.3 is 0 Å². The van der Waals surface area contributed by atoms with E-state index in [1.54, 1.807) is 21.3 Å². The summed E-state index contributed by atoms with van der Waals surface area (Å²) in [6.45, 7) is 4.10. The van der Waals surface area contributed by atoms with Gasteiger partial charge in [0.2, 0.25) is 11.7 Å². The fraction of sp³-hybridized carbons (Fsp3) is 0.444. The lowest BCUT2D eigenvalue weighted by atomic mass is 10.1. The SMILES string of the molecule is COc1cc(CNC(=O)CCc2c(C)noc2C)cc(OC)c1OC. The molecule has 1 aromatic carbocycles. The lowest BCUT2D eigenvalue weighted by Crippen LogP contribution is -2.23. The van der Waals surface area contributed by atoms with E-state index in [4.69, 9.17) is 18.7 Å². The van der Waals surface area contributed by atoms with Crippen molar-refractivity contribution >= 4 is 5.91 Å². The second-order valence-corrected chi connectivity index (χ2v) is 5.61. The summed E-state index contributed by atoms with van der Waals surface area (Å²) in [5, 5.41) is 6.79. The van der Waals surface area contributed by atoms with Crippen LogP contribution in [0.1, 0.15) is 29.0 Å². The van der Waals surface area contributed by atoms with E-state index in [9.17, 15) is 4.79 Å². The molecule has 0 radical (unpaired) electrons. The molecule has 7 heteroatoms. The minimum absolute atomic E-state index is 0.0475. The Labute approximate surface area is 147 Å². The third-order valence-corrected chi connectivity index (χ3v) is 4.00. The maximum Gasteiger partial charge on any atom is 0.220 e. The van der Waals surface area contributed by atoms with Gasteiger partial charge in [-0.1, -0.05) is 5.16 Å². The summed E-state index contributed by atoms with van der Waals surface area (Å²) in [7, 11) is 4.67. The van der Waals surface area contributed by atoms with E-state index in [0.29, 0.717) is 36.6 Å². The van der Waals surface area contributed by atoms with Crippen molar-refractivity contribution in [2.45, 2.75) is 33.2 Å². The highest BCUT2D eigenvalue weighted by atomic mass is 16.5. The zero-order valence-corrected chi connectivity index (χ0v) is 15.3. The monoisotopic (exact) mass is 348 g/mol. The van der Waals surface area contributed by atoms with Crippen LogP contribution in [-0.4, -0.2) is 32.4 Å². The number of hydrogen-bond donors (Lipinski definition) is 1. The molecule has 7 nitrogen and oxygen atoms in total. The highest BCUT2D eigenvalue weighted by Crippen LogP contribution is 2.38. The number of carbonyl (C=O) groups excluding carboxylic acids is 1. The number of methoxy groups -OCH3 is 3. The molecule has 0 bridgehead atoms. The first-order valence-electron chi connectivity index (χ1n) is 7.97. The van der Waals surface area contributed by atoms with Crippen molar-refractivity contribution in [1.82, 2.24) is 10.5 Å². The van der Waals surface area contributed by atoms with Gasteiger partial charge in [0.1, 0.15) is 5.76 Å². The minimum Gasteiger partial charge on any atom is -0.493 e. The Morgan fingerprint density at radius 2 is 1.76 bits per heavy atom. The van der Waals surface area contributed by atoms with E-state index < -0.39 is 0 Å². The number of benzene rings is 1. The quantitative estimate of drug-likeness (QED) is 0.789. The molecule has 0 aliphatic rings. The third kappa shape index (κ3) is 4.43. The fourth-order valence-electron chi connectivity index (χ4n) is 2.62. The van der Waals surface area contributed by atoms with Crippen LogP contribution in [-0.2, 0) is 17.8 Å². The van der Waals surface area contributed by atoms with Gasteiger partial charge in [-0.05, 0) is 38.0 Å². The van der Waals surface area contributed by atoms with Gasteiger partial charge in [-0.3, -0.25) is 4.79 Å². The van der Waals surface area contributed by atoms with Crippen molar-refractivity contribution in [1.29, 1.82) is 0 Å². The van der Waals surface area contributed by atoms with Crippen molar-refractivity contribution in [3.8, 4) is 17.2 Å². The van der Waals surface area contributed by atoms with E-state index >= 15 is 0 Å². The van der Waals surface area contributed by atoms with Crippen LogP contribution in [0.2, 0.25) is 0 Å². The molecule has 1 heterocycles. The molecule has 0 unspecified atom stereocenters. The van der Waals surface area contributed by atoms with Gasteiger partial charge < -0.3 is 24.1 Å². The molecule has 2 aromatic rings. The summed E-state index contributed by atoms with van der Waals surface area (Å²) in [6, 6.07) is 3.63. The van der Waals surface area contributed by atoms with Gasteiger partial charge in [0.05, 0.1) is 27.0 Å².